The van der Waals surface area contributed by atoms with Crippen LogP contribution in [0.1, 0.15) is 20.9 Å². The van der Waals surface area contributed by atoms with Crippen LogP contribution in [-0.4, -0.2) is 26.7 Å². The molecular weight excluding hydrogens is 334 g/mol. The average Bonchev–Trinajstić information content (AvgIpc) is 3.31. The van der Waals surface area contributed by atoms with Gasteiger partial charge in [0.15, 0.2) is 5.76 Å². The van der Waals surface area contributed by atoms with Crippen LogP contribution in [-0.2, 0) is 0 Å². The van der Waals surface area contributed by atoms with Gasteiger partial charge in [-0.05, 0) is 24.3 Å². The summed E-state index contributed by atoms with van der Waals surface area (Å²) in [7, 11) is 0. The summed E-state index contributed by atoms with van der Waals surface area (Å²) in [6.07, 6.45) is 2.71. The van der Waals surface area contributed by atoms with E-state index in [0.29, 0.717) is 16.8 Å². The van der Waals surface area contributed by atoms with Crippen molar-refractivity contribution >= 4 is 28.5 Å². The summed E-state index contributed by atoms with van der Waals surface area (Å²) in [6, 6.07) is 15.7. The molecule has 0 saturated carbocycles. The van der Waals surface area contributed by atoms with Crippen molar-refractivity contribution in [2.75, 3.05) is 10.7 Å². The second-order valence-electron chi connectivity index (χ2n) is 5.46. The SMILES string of the molecule is O=C(Nc1ccccc1C(=O)Nn1cnnc1)c1cc2ccccc2o1. The van der Waals surface area contributed by atoms with Crippen molar-refractivity contribution in [1.82, 2.24) is 14.9 Å². The van der Waals surface area contributed by atoms with Crippen LogP contribution in [0, 0.1) is 0 Å². The average molecular weight is 347 g/mol. The first-order valence-corrected chi connectivity index (χ1v) is 7.75. The summed E-state index contributed by atoms with van der Waals surface area (Å²) in [5.74, 6) is -0.684. The van der Waals surface area contributed by atoms with Crippen LogP contribution in [0.5, 0.6) is 0 Å². The molecule has 4 rings (SSSR count). The Morgan fingerprint density at radius 1 is 0.923 bits per heavy atom. The van der Waals surface area contributed by atoms with E-state index in [-0.39, 0.29) is 5.76 Å². The fourth-order valence-corrected chi connectivity index (χ4v) is 2.50. The normalized spacial score (nSPS) is 10.6. The Morgan fingerprint density at radius 2 is 1.65 bits per heavy atom. The number of hydrogen-bond acceptors (Lipinski definition) is 5. The molecule has 2 N–H and O–H groups in total. The number of hydrogen-bond donors (Lipinski definition) is 2. The summed E-state index contributed by atoms with van der Waals surface area (Å²) in [4.78, 5) is 24.9. The number of carbonyl (C=O) groups excluding carboxylic acids is 2. The first-order chi connectivity index (χ1) is 12.7. The number of furan rings is 1. The van der Waals surface area contributed by atoms with E-state index in [1.54, 1.807) is 36.4 Å². The molecule has 8 nitrogen and oxygen atoms in total. The fourth-order valence-electron chi connectivity index (χ4n) is 2.50. The van der Waals surface area contributed by atoms with Crippen LogP contribution in [0.3, 0.4) is 0 Å². The lowest BCUT2D eigenvalue weighted by atomic mass is 10.1. The number of carbonyl (C=O) groups is 2. The third kappa shape index (κ3) is 3.03. The fraction of sp³-hybridized carbons (Fsp3) is 0. The van der Waals surface area contributed by atoms with E-state index < -0.39 is 11.8 Å². The molecule has 2 aromatic carbocycles. The third-order valence-corrected chi connectivity index (χ3v) is 3.72. The van der Waals surface area contributed by atoms with Crippen molar-refractivity contribution in [3.8, 4) is 0 Å². The van der Waals surface area contributed by atoms with Gasteiger partial charge in [-0.3, -0.25) is 15.0 Å². The molecule has 0 fully saturated rings. The highest BCUT2D eigenvalue weighted by Crippen LogP contribution is 2.21. The summed E-state index contributed by atoms with van der Waals surface area (Å²) < 4.78 is 6.87. The van der Waals surface area contributed by atoms with E-state index in [9.17, 15) is 9.59 Å². The molecule has 0 bridgehead atoms. The molecule has 128 valence electrons. The predicted octanol–water partition coefficient (Wildman–Crippen LogP) is 2.66. The zero-order chi connectivity index (χ0) is 17.9. The maximum atomic E-state index is 12.5. The van der Waals surface area contributed by atoms with Gasteiger partial charge >= 0.3 is 0 Å². The van der Waals surface area contributed by atoms with Gasteiger partial charge < -0.3 is 9.73 Å². The van der Waals surface area contributed by atoms with Gasteiger partial charge in [-0.25, -0.2) is 4.68 Å². The minimum Gasteiger partial charge on any atom is -0.451 e. The molecule has 0 spiro atoms. The summed E-state index contributed by atoms with van der Waals surface area (Å²) in [6.45, 7) is 0. The number of aromatic nitrogens is 3. The Bertz CT molecular complexity index is 1050. The number of nitrogens with zero attached hydrogens (tertiary/aromatic N) is 3. The second-order valence-corrected chi connectivity index (χ2v) is 5.46. The number of anilines is 1. The van der Waals surface area contributed by atoms with Crippen molar-refractivity contribution in [2.24, 2.45) is 0 Å². The van der Waals surface area contributed by atoms with Crippen molar-refractivity contribution in [3.63, 3.8) is 0 Å². The number of amides is 2. The van der Waals surface area contributed by atoms with E-state index in [4.69, 9.17) is 4.42 Å². The molecule has 2 heterocycles. The van der Waals surface area contributed by atoms with Crippen LogP contribution in [0.2, 0.25) is 0 Å². The van der Waals surface area contributed by atoms with Crippen molar-refractivity contribution < 1.29 is 14.0 Å². The van der Waals surface area contributed by atoms with Gasteiger partial charge in [0.2, 0.25) is 0 Å². The maximum absolute atomic E-state index is 12.5. The topological polar surface area (TPSA) is 102 Å². The quantitative estimate of drug-likeness (QED) is 0.591. The van der Waals surface area contributed by atoms with E-state index in [1.165, 1.54) is 17.3 Å². The molecule has 0 atom stereocenters. The van der Waals surface area contributed by atoms with E-state index in [1.807, 2.05) is 18.2 Å². The van der Waals surface area contributed by atoms with Gasteiger partial charge in [0.25, 0.3) is 11.8 Å². The zero-order valence-corrected chi connectivity index (χ0v) is 13.4. The van der Waals surface area contributed by atoms with Crippen LogP contribution in [0.15, 0.2) is 71.7 Å². The number of nitrogens with one attached hydrogen (secondary N) is 2. The predicted molar refractivity (Wildman–Crippen MR) is 94.3 cm³/mol. The monoisotopic (exact) mass is 347 g/mol. The largest absolute Gasteiger partial charge is 0.451 e. The van der Waals surface area contributed by atoms with Crippen LogP contribution < -0.4 is 10.7 Å². The Morgan fingerprint density at radius 3 is 2.46 bits per heavy atom. The molecule has 0 saturated heterocycles. The minimum atomic E-state index is -0.439. The summed E-state index contributed by atoms with van der Waals surface area (Å²) >= 11 is 0. The lowest BCUT2D eigenvalue weighted by Crippen LogP contribution is -2.23. The van der Waals surface area contributed by atoms with Crippen LogP contribution >= 0.6 is 0 Å². The molecule has 0 aliphatic heterocycles. The van der Waals surface area contributed by atoms with Gasteiger partial charge in [0.05, 0.1) is 11.3 Å². The smallest absolute Gasteiger partial charge is 0.291 e. The van der Waals surface area contributed by atoms with E-state index >= 15 is 0 Å². The minimum absolute atomic E-state index is 0.167. The second kappa shape index (κ2) is 6.52. The van der Waals surface area contributed by atoms with Crippen molar-refractivity contribution in [2.45, 2.75) is 0 Å². The Hall–Kier alpha value is -3.94. The Balaban J connectivity index is 1.58. The molecule has 4 aromatic rings. The lowest BCUT2D eigenvalue weighted by Gasteiger charge is -2.10. The molecule has 26 heavy (non-hydrogen) atoms. The van der Waals surface area contributed by atoms with Gasteiger partial charge in [-0.15, -0.1) is 10.2 Å². The number of rotatable bonds is 4. The van der Waals surface area contributed by atoms with Crippen molar-refractivity contribution in [3.05, 3.63) is 78.6 Å². The molecule has 0 radical (unpaired) electrons. The highest BCUT2D eigenvalue weighted by atomic mass is 16.3. The molecule has 2 amide bonds. The van der Waals surface area contributed by atoms with Gasteiger partial charge in [0, 0.05) is 5.39 Å². The standard InChI is InChI=1S/C18H13N5O3/c24-17(22-23-10-19-20-11-23)13-6-2-3-7-14(13)21-18(25)16-9-12-5-1-4-8-15(12)26-16/h1-11H,(H,21,25)(H,22,24). The molecule has 0 unspecified atom stereocenters. The molecular formula is C18H13N5O3. The van der Waals surface area contributed by atoms with Crippen LogP contribution in [0.25, 0.3) is 11.0 Å². The third-order valence-electron chi connectivity index (χ3n) is 3.72. The summed E-state index contributed by atoms with van der Waals surface area (Å²) in [5, 5.41) is 10.8. The number of fused-ring (bicyclic) bond motifs is 1. The highest BCUT2D eigenvalue weighted by Gasteiger charge is 2.17. The number of para-hydroxylation sites is 2. The molecule has 0 aliphatic rings. The molecule has 8 heteroatoms. The van der Waals surface area contributed by atoms with Gasteiger partial charge in [-0.1, -0.05) is 30.3 Å². The maximum Gasteiger partial charge on any atom is 0.291 e. The first-order valence-electron chi connectivity index (χ1n) is 7.75. The van der Waals surface area contributed by atoms with E-state index in [2.05, 4.69) is 20.9 Å². The number of benzene rings is 2. The van der Waals surface area contributed by atoms with Crippen LogP contribution in [0.4, 0.5) is 5.69 Å². The highest BCUT2D eigenvalue weighted by molar-refractivity contribution is 6.10. The van der Waals surface area contributed by atoms with Gasteiger partial charge in [0.1, 0.15) is 18.2 Å². The van der Waals surface area contributed by atoms with Crippen molar-refractivity contribution in [1.29, 1.82) is 0 Å². The lowest BCUT2D eigenvalue weighted by molar-refractivity contribution is 0.0998. The Labute approximate surface area is 147 Å². The zero-order valence-electron chi connectivity index (χ0n) is 13.4. The van der Waals surface area contributed by atoms with E-state index in [0.717, 1.165) is 5.39 Å². The summed E-state index contributed by atoms with van der Waals surface area (Å²) in [5.41, 5.74) is 3.87. The van der Waals surface area contributed by atoms with Gasteiger partial charge in [-0.2, -0.15) is 0 Å². The Kier molecular flexibility index (Phi) is 3.91. The molecule has 2 aromatic heterocycles. The first kappa shape index (κ1) is 15.6. The molecule has 0 aliphatic carbocycles.